The summed E-state index contributed by atoms with van der Waals surface area (Å²) in [5, 5.41) is 8.68. The maximum atomic E-state index is 10.6. The van der Waals surface area contributed by atoms with Gasteiger partial charge in [0.25, 0.3) is 0 Å². The predicted octanol–water partition coefficient (Wildman–Crippen LogP) is 3.15. The third kappa shape index (κ3) is 5.23. The minimum atomic E-state index is -0.808. The number of carboxylic acids is 1. The average Bonchev–Trinajstić information content (AvgIpc) is 2.10. The second-order valence-corrected chi connectivity index (χ2v) is 3.13. The summed E-state index contributed by atoms with van der Waals surface area (Å²) in [7, 11) is 0. The second kappa shape index (κ2) is 6.46. The molecule has 2 heteroatoms. The lowest BCUT2D eigenvalue weighted by Crippen LogP contribution is -1.99. The van der Waals surface area contributed by atoms with Gasteiger partial charge in [-0.25, -0.2) is 4.79 Å². The Balaban J connectivity index is 3.99. The molecule has 0 heterocycles. The second-order valence-electron chi connectivity index (χ2n) is 3.13. The number of hydrogen-bond acceptors (Lipinski definition) is 1. The van der Waals surface area contributed by atoms with E-state index in [0.717, 1.165) is 24.8 Å². The Bertz CT molecular complexity index is 224. The topological polar surface area (TPSA) is 37.3 Å². The van der Waals surface area contributed by atoms with E-state index in [1.807, 2.05) is 6.92 Å². The molecule has 0 aliphatic heterocycles. The van der Waals surface area contributed by atoms with Crippen LogP contribution < -0.4 is 0 Å². The van der Waals surface area contributed by atoms with Crippen LogP contribution in [0.25, 0.3) is 0 Å². The predicted molar refractivity (Wildman–Crippen MR) is 54.7 cm³/mol. The van der Waals surface area contributed by atoms with E-state index in [-0.39, 0.29) is 0 Å². The number of allylic oxidation sites excluding steroid dienone is 3. The summed E-state index contributed by atoms with van der Waals surface area (Å²) in [5.41, 5.74) is 1.44. The zero-order valence-electron chi connectivity index (χ0n) is 8.63. The molecular formula is C11H18O2. The fourth-order valence-corrected chi connectivity index (χ4v) is 0.954. The first-order chi connectivity index (χ1) is 6.09. The Labute approximate surface area is 80.0 Å². The fraction of sp³-hybridized carbons (Fsp3) is 0.545. The standard InChI is InChI=1S/C11H18O2/c1-4-5-6-7-8-9(2)10(3)11(12)13/h5-6H,4,7-8H2,1-3H3,(H,12,13)/b6-5?,10-9+. The van der Waals surface area contributed by atoms with Crippen LogP contribution in [0.3, 0.4) is 0 Å². The molecule has 0 radical (unpaired) electrons. The fourth-order valence-electron chi connectivity index (χ4n) is 0.954. The molecule has 0 unspecified atom stereocenters. The van der Waals surface area contributed by atoms with E-state index < -0.39 is 5.97 Å². The number of hydrogen-bond donors (Lipinski definition) is 1. The van der Waals surface area contributed by atoms with Crippen molar-refractivity contribution in [1.29, 1.82) is 0 Å². The van der Waals surface area contributed by atoms with Gasteiger partial charge in [-0.2, -0.15) is 0 Å². The molecule has 0 saturated carbocycles. The first-order valence-electron chi connectivity index (χ1n) is 4.64. The van der Waals surface area contributed by atoms with Gasteiger partial charge in [-0.15, -0.1) is 0 Å². The smallest absolute Gasteiger partial charge is 0.331 e. The lowest BCUT2D eigenvalue weighted by molar-refractivity contribution is -0.132. The van der Waals surface area contributed by atoms with E-state index in [4.69, 9.17) is 5.11 Å². The zero-order valence-corrected chi connectivity index (χ0v) is 8.63. The van der Waals surface area contributed by atoms with Crippen molar-refractivity contribution in [3.05, 3.63) is 23.3 Å². The van der Waals surface area contributed by atoms with Gasteiger partial charge >= 0.3 is 5.97 Å². The highest BCUT2D eigenvalue weighted by Gasteiger charge is 2.03. The van der Waals surface area contributed by atoms with Gasteiger partial charge in [0.2, 0.25) is 0 Å². The van der Waals surface area contributed by atoms with Crippen molar-refractivity contribution in [3.8, 4) is 0 Å². The molecule has 0 atom stereocenters. The molecule has 2 nitrogen and oxygen atoms in total. The highest BCUT2D eigenvalue weighted by molar-refractivity contribution is 5.86. The summed E-state index contributed by atoms with van der Waals surface area (Å²) in [6, 6.07) is 0. The third-order valence-corrected chi connectivity index (χ3v) is 2.05. The molecule has 0 aromatic heterocycles. The molecule has 0 bridgehead atoms. The number of aliphatic carboxylic acids is 1. The van der Waals surface area contributed by atoms with Crippen molar-refractivity contribution in [1.82, 2.24) is 0 Å². The van der Waals surface area contributed by atoms with Gasteiger partial charge in [-0.05, 0) is 33.1 Å². The molecule has 0 fully saturated rings. The lowest BCUT2D eigenvalue weighted by atomic mass is 10.1. The van der Waals surface area contributed by atoms with E-state index >= 15 is 0 Å². The minimum Gasteiger partial charge on any atom is -0.478 e. The van der Waals surface area contributed by atoms with Gasteiger partial charge in [0.15, 0.2) is 0 Å². The van der Waals surface area contributed by atoms with Gasteiger partial charge in [0.1, 0.15) is 0 Å². The maximum Gasteiger partial charge on any atom is 0.331 e. The first kappa shape index (κ1) is 11.9. The summed E-state index contributed by atoms with van der Waals surface area (Å²) in [5.74, 6) is -0.808. The Morgan fingerprint density at radius 3 is 2.38 bits per heavy atom. The Kier molecular flexibility index (Phi) is 5.94. The van der Waals surface area contributed by atoms with Crippen LogP contribution in [0, 0.1) is 0 Å². The molecule has 13 heavy (non-hydrogen) atoms. The van der Waals surface area contributed by atoms with Crippen LogP contribution in [0.15, 0.2) is 23.3 Å². The van der Waals surface area contributed by atoms with Gasteiger partial charge in [0.05, 0.1) is 0 Å². The monoisotopic (exact) mass is 182 g/mol. The maximum absolute atomic E-state index is 10.6. The molecule has 0 aromatic carbocycles. The van der Waals surface area contributed by atoms with Gasteiger partial charge in [-0.1, -0.05) is 24.6 Å². The van der Waals surface area contributed by atoms with E-state index in [9.17, 15) is 4.79 Å². The number of carbonyl (C=O) groups is 1. The molecule has 0 aliphatic rings. The summed E-state index contributed by atoms with van der Waals surface area (Å²) >= 11 is 0. The minimum absolute atomic E-state index is 0.477. The van der Waals surface area contributed by atoms with Gasteiger partial charge in [0, 0.05) is 5.57 Å². The van der Waals surface area contributed by atoms with E-state index in [1.54, 1.807) is 6.92 Å². The quantitative estimate of drug-likeness (QED) is 0.524. The summed E-state index contributed by atoms with van der Waals surface area (Å²) < 4.78 is 0. The van der Waals surface area contributed by atoms with Gasteiger partial charge < -0.3 is 5.11 Å². The van der Waals surface area contributed by atoms with Crippen molar-refractivity contribution >= 4 is 5.97 Å². The van der Waals surface area contributed by atoms with Crippen molar-refractivity contribution in [2.24, 2.45) is 0 Å². The highest BCUT2D eigenvalue weighted by atomic mass is 16.4. The Morgan fingerprint density at radius 2 is 1.92 bits per heavy atom. The molecule has 0 amide bonds. The SMILES string of the molecule is CCC=CCC/C(C)=C(\C)C(=O)O. The van der Waals surface area contributed by atoms with Crippen LogP contribution >= 0.6 is 0 Å². The molecule has 0 spiro atoms. The highest BCUT2D eigenvalue weighted by Crippen LogP contribution is 2.10. The Hall–Kier alpha value is -1.05. The Morgan fingerprint density at radius 1 is 1.31 bits per heavy atom. The van der Waals surface area contributed by atoms with Crippen LogP contribution in [0.2, 0.25) is 0 Å². The van der Waals surface area contributed by atoms with E-state index in [0.29, 0.717) is 5.57 Å². The van der Waals surface area contributed by atoms with Crippen molar-refractivity contribution < 1.29 is 9.90 Å². The van der Waals surface area contributed by atoms with Crippen LogP contribution in [0.1, 0.15) is 40.0 Å². The molecule has 1 N–H and O–H groups in total. The summed E-state index contributed by atoms with van der Waals surface area (Å²) in [4.78, 5) is 10.6. The van der Waals surface area contributed by atoms with Crippen LogP contribution in [-0.2, 0) is 4.79 Å². The number of rotatable bonds is 5. The lowest BCUT2D eigenvalue weighted by Gasteiger charge is -2.00. The summed E-state index contributed by atoms with van der Waals surface area (Å²) in [6.07, 6.45) is 7.02. The molecule has 0 aromatic rings. The largest absolute Gasteiger partial charge is 0.478 e. The van der Waals surface area contributed by atoms with Crippen LogP contribution in [0.4, 0.5) is 0 Å². The average molecular weight is 182 g/mol. The van der Waals surface area contributed by atoms with Crippen molar-refractivity contribution in [2.75, 3.05) is 0 Å². The molecular weight excluding hydrogens is 164 g/mol. The first-order valence-corrected chi connectivity index (χ1v) is 4.64. The van der Waals surface area contributed by atoms with Crippen LogP contribution in [0.5, 0.6) is 0 Å². The van der Waals surface area contributed by atoms with E-state index in [1.165, 1.54) is 0 Å². The van der Waals surface area contributed by atoms with Crippen molar-refractivity contribution in [3.63, 3.8) is 0 Å². The van der Waals surface area contributed by atoms with Crippen molar-refractivity contribution in [2.45, 2.75) is 40.0 Å². The van der Waals surface area contributed by atoms with E-state index in [2.05, 4.69) is 19.1 Å². The zero-order chi connectivity index (χ0) is 10.3. The normalized spacial score (nSPS) is 13.2. The summed E-state index contributed by atoms with van der Waals surface area (Å²) in [6.45, 7) is 5.62. The molecule has 0 rings (SSSR count). The molecule has 74 valence electrons. The molecule has 0 aliphatic carbocycles. The van der Waals surface area contributed by atoms with Crippen LogP contribution in [-0.4, -0.2) is 11.1 Å². The third-order valence-electron chi connectivity index (χ3n) is 2.05. The molecule has 0 saturated heterocycles. The van der Waals surface area contributed by atoms with Gasteiger partial charge in [-0.3, -0.25) is 0 Å². The number of carboxylic acid groups (broad SMARTS) is 1.